The summed E-state index contributed by atoms with van der Waals surface area (Å²) in [7, 11) is 0. The second kappa shape index (κ2) is 10.8. The third-order valence-electron chi connectivity index (χ3n) is 4.52. The Balaban J connectivity index is 1.28. The fourth-order valence-electron chi connectivity index (χ4n) is 2.94. The Labute approximate surface area is 215 Å². The number of amides is 2. The van der Waals surface area contributed by atoms with Crippen molar-refractivity contribution in [3.63, 3.8) is 0 Å². The largest absolute Gasteiger partial charge is 0.484 e. The van der Waals surface area contributed by atoms with Gasteiger partial charge in [-0.1, -0.05) is 15.9 Å². The van der Waals surface area contributed by atoms with Crippen molar-refractivity contribution < 1.29 is 23.1 Å². The fourth-order valence-corrected chi connectivity index (χ4v) is 4.60. The fraction of sp³-hybridized carbons (Fsp3) is 0.0417. The van der Waals surface area contributed by atoms with Gasteiger partial charge in [-0.2, -0.15) is 5.10 Å². The number of fused-ring (bicyclic) bond motifs is 1. The molecule has 172 valence electrons. The summed E-state index contributed by atoms with van der Waals surface area (Å²) in [6, 6.07) is 17.7. The molecule has 1 aromatic heterocycles. The van der Waals surface area contributed by atoms with Crippen LogP contribution in [0.5, 0.6) is 5.75 Å². The van der Waals surface area contributed by atoms with E-state index in [2.05, 4.69) is 54.4 Å². The van der Waals surface area contributed by atoms with Gasteiger partial charge in [-0.15, -0.1) is 0 Å². The minimum absolute atomic E-state index is 0.158. The van der Waals surface area contributed by atoms with Gasteiger partial charge in [0.15, 0.2) is 12.4 Å². The van der Waals surface area contributed by atoms with Crippen LogP contribution < -0.4 is 15.5 Å². The lowest BCUT2D eigenvalue weighted by Crippen LogP contribution is -2.20. The molecule has 0 saturated carbocycles. The average molecular weight is 636 g/mol. The van der Waals surface area contributed by atoms with Crippen LogP contribution in [-0.4, -0.2) is 24.6 Å². The Morgan fingerprint density at radius 2 is 1.82 bits per heavy atom. The van der Waals surface area contributed by atoms with Crippen LogP contribution in [0.2, 0.25) is 0 Å². The quantitative estimate of drug-likeness (QED) is 0.154. The van der Waals surface area contributed by atoms with Crippen molar-refractivity contribution in [3.05, 3.63) is 91.9 Å². The van der Waals surface area contributed by atoms with Crippen molar-refractivity contribution in [2.24, 2.45) is 5.10 Å². The molecular formula is C24H16BrFIN3O4. The Bertz CT molecular complexity index is 1370. The standard InChI is InChI=1S/C24H16BrFIN3O4/c25-16-9-15-10-21(34-23(15)20(27)11-16)24(32)30-28-12-14-1-7-19(8-2-14)33-13-22(31)29-18-5-3-17(26)4-6-18/h1-12H,13H2,(H,29,31)(H,30,32)/b28-12-. The molecule has 3 aromatic carbocycles. The number of rotatable bonds is 7. The lowest BCUT2D eigenvalue weighted by atomic mass is 10.2. The first-order valence-corrected chi connectivity index (χ1v) is 11.7. The van der Waals surface area contributed by atoms with E-state index in [-0.39, 0.29) is 24.1 Å². The number of carbonyl (C=O) groups excluding carboxylic acids is 2. The summed E-state index contributed by atoms with van der Waals surface area (Å²) in [4.78, 5) is 24.3. The first-order chi connectivity index (χ1) is 16.4. The number of halogens is 3. The van der Waals surface area contributed by atoms with Gasteiger partial charge in [0.05, 0.1) is 9.78 Å². The van der Waals surface area contributed by atoms with Crippen LogP contribution in [0.25, 0.3) is 11.0 Å². The maximum absolute atomic E-state index is 12.9. The van der Waals surface area contributed by atoms with Gasteiger partial charge >= 0.3 is 5.91 Å². The van der Waals surface area contributed by atoms with Crippen LogP contribution in [0, 0.1) is 9.39 Å². The topological polar surface area (TPSA) is 92.9 Å². The van der Waals surface area contributed by atoms with E-state index in [1.807, 2.05) is 12.1 Å². The number of hydrogen-bond acceptors (Lipinski definition) is 5. The summed E-state index contributed by atoms with van der Waals surface area (Å²) >= 11 is 5.57. The van der Waals surface area contributed by atoms with Gasteiger partial charge < -0.3 is 14.5 Å². The zero-order chi connectivity index (χ0) is 24.1. The molecule has 0 radical (unpaired) electrons. The lowest BCUT2D eigenvalue weighted by Gasteiger charge is -2.07. The number of carbonyl (C=O) groups is 2. The van der Waals surface area contributed by atoms with E-state index in [0.717, 1.165) is 13.4 Å². The van der Waals surface area contributed by atoms with E-state index < -0.39 is 5.91 Å². The van der Waals surface area contributed by atoms with Crippen LogP contribution in [0.4, 0.5) is 10.1 Å². The predicted molar refractivity (Wildman–Crippen MR) is 139 cm³/mol. The van der Waals surface area contributed by atoms with Crippen LogP contribution in [0.3, 0.4) is 0 Å². The summed E-state index contributed by atoms with van der Waals surface area (Å²) in [6.45, 7) is -0.201. The highest BCUT2D eigenvalue weighted by Gasteiger charge is 2.14. The van der Waals surface area contributed by atoms with Gasteiger partial charge in [-0.05, 0) is 94.9 Å². The van der Waals surface area contributed by atoms with E-state index in [0.29, 0.717) is 22.6 Å². The maximum atomic E-state index is 12.9. The van der Waals surface area contributed by atoms with Crippen molar-refractivity contribution >= 4 is 73.2 Å². The summed E-state index contributed by atoms with van der Waals surface area (Å²) < 4.78 is 25.8. The number of furan rings is 1. The highest BCUT2D eigenvalue weighted by atomic mass is 127. The van der Waals surface area contributed by atoms with E-state index >= 15 is 0 Å². The summed E-state index contributed by atoms with van der Waals surface area (Å²) in [5, 5.41) is 7.39. The second-order valence-electron chi connectivity index (χ2n) is 7.03. The molecule has 0 aliphatic rings. The molecule has 0 unspecified atom stereocenters. The zero-order valence-electron chi connectivity index (χ0n) is 17.3. The lowest BCUT2D eigenvalue weighted by molar-refractivity contribution is -0.118. The molecule has 0 bridgehead atoms. The second-order valence-corrected chi connectivity index (χ2v) is 9.11. The molecule has 2 N–H and O–H groups in total. The molecule has 2 amide bonds. The van der Waals surface area contributed by atoms with Crippen LogP contribution in [0.1, 0.15) is 16.1 Å². The Hall–Kier alpha value is -3.25. The van der Waals surface area contributed by atoms with Crippen LogP contribution in [0.15, 0.2) is 80.7 Å². The maximum Gasteiger partial charge on any atom is 0.307 e. The summed E-state index contributed by atoms with van der Waals surface area (Å²) in [6.07, 6.45) is 1.48. The number of hydrogen-bond donors (Lipinski definition) is 2. The van der Waals surface area contributed by atoms with E-state index in [9.17, 15) is 14.0 Å². The van der Waals surface area contributed by atoms with Crippen molar-refractivity contribution in [1.82, 2.24) is 5.43 Å². The SMILES string of the molecule is O=C(COc1ccc(/C=N\NC(=O)c2cc3cc(Br)cc(I)c3o2)cc1)Nc1ccc(F)cc1. The normalized spacial score (nSPS) is 11.0. The van der Waals surface area contributed by atoms with E-state index in [1.165, 1.54) is 30.5 Å². The monoisotopic (exact) mass is 635 g/mol. The number of nitrogens with zero attached hydrogens (tertiary/aromatic N) is 1. The molecule has 10 heteroatoms. The van der Waals surface area contributed by atoms with Gasteiger partial charge in [0, 0.05) is 15.5 Å². The first kappa shape index (κ1) is 23.9. The predicted octanol–water partition coefficient (Wildman–Crippen LogP) is 5.72. The van der Waals surface area contributed by atoms with Gasteiger partial charge in [0.1, 0.15) is 17.1 Å². The highest BCUT2D eigenvalue weighted by Crippen LogP contribution is 2.28. The van der Waals surface area contributed by atoms with E-state index in [4.69, 9.17) is 9.15 Å². The van der Waals surface area contributed by atoms with Crippen molar-refractivity contribution in [3.8, 4) is 5.75 Å². The number of ether oxygens (including phenoxy) is 1. The Morgan fingerprint density at radius 1 is 1.09 bits per heavy atom. The highest BCUT2D eigenvalue weighted by molar-refractivity contribution is 14.1. The smallest absolute Gasteiger partial charge is 0.307 e. The average Bonchev–Trinajstić information content (AvgIpc) is 3.25. The van der Waals surface area contributed by atoms with Crippen LogP contribution in [-0.2, 0) is 4.79 Å². The number of anilines is 1. The molecule has 0 aliphatic heterocycles. The summed E-state index contributed by atoms with van der Waals surface area (Å²) in [5.74, 6) is -0.571. The van der Waals surface area contributed by atoms with E-state index in [1.54, 1.807) is 30.3 Å². The molecule has 0 aliphatic carbocycles. The third kappa shape index (κ3) is 6.20. The van der Waals surface area contributed by atoms with Gasteiger partial charge in [-0.3, -0.25) is 9.59 Å². The molecule has 0 atom stereocenters. The number of nitrogens with one attached hydrogen (secondary N) is 2. The molecule has 1 heterocycles. The van der Waals surface area contributed by atoms with Gasteiger partial charge in [0.2, 0.25) is 0 Å². The third-order valence-corrected chi connectivity index (χ3v) is 5.78. The molecule has 0 spiro atoms. The zero-order valence-corrected chi connectivity index (χ0v) is 21.1. The molecule has 4 aromatic rings. The Morgan fingerprint density at radius 3 is 2.56 bits per heavy atom. The van der Waals surface area contributed by atoms with Crippen molar-refractivity contribution in [1.29, 1.82) is 0 Å². The van der Waals surface area contributed by atoms with Crippen LogP contribution >= 0.6 is 38.5 Å². The molecule has 0 saturated heterocycles. The number of hydrazone groups is 1. The molecule has 0 fully saturated rings. The molecule has 34 heavy (non-hydrogen) atoms. The summed E-state index contributed by atoms with van der Waals surface area (Å²) in [5.41, 5.74) is 4.27. The minimum Gasteiger partial charge on any atom is -0.484 e. The van der Waals surface area contributed by atoms with Crippen molar-refractivity contribution in [2.75, 3.05) is 11.9 Å². The van der Waals surface area contributed by atoms with Gasteiger partial charge in [0.25, 0.3) is 5.91 Å². The molecular weight excluding hydrogens is 620 g/mol. The molecule has 4 rings (SSSR count). The molecule has 7 nitrogen and oxygen atoms in total. The number of benzene rings is 3. The van der Waals surface area contributed by atoms with Gasteiger partial charge in [-0.25, -0.2) is 9.82 Å². The first-order valence-electron chi connectivity index (χ1n) is 9.88. The van der Waals surface area contributed by atoms with Crippen molar-refractivity contribution in [2.45, 2.75) is 0 Å². The minimum atomic E-state index is -0.466. The Kier molecular flexibility index (Phi) is 7.58.